The predicted octanol–water partition coefficient (Wildman–Crippen LogP) is 6.45. The molecule has 0 unspecified atom stereocenters. The molecule has 1 aliphatic heterocycles. The van der Waals surface area contributed by atoms with E-state index in [1.807, 2.05) is 48.5 Å². The summed E-state index contributed by atoms with van der Waals surface area (Å²) in [6, 6.07) is 24.2. The first-order valence-corrected chi connectivity index (χ1v) is 11.9. The van der Waals surface area contributed by atoms with Gasteiger partial charge in [-0.25, -0.2) is 0 Å². The van der Waals surface area contributed by atoms with Crippen molar-refractivity contribution < 1.29 is 14.3 Å². The van der Waals surface area contributed by atoms with Gasteiger partial charge in [0.1, 0.15) is 6.10 Å². The molecular weight excluding hydrogens is 424 g/mol. The molecule has 3 N–H and O–H groups in total. The Labute approximate surface area is 198 Å². The van der Waals surface area contributed by atoms with Crippen LogP contribution in [0.15, 0.2) is 72.8 Å². The molecule has 0 radical (unpaired) electrons. The van der Waals surface area contributed by atoms with E-state index in [9.17, 15) is 9.59 Å². The van der Waals surface area contributed by atoms with Gasteiger partial charge in [0.2, 0.25) is 5.91 Å². The quantitative estimate of drug-likeness (QED) is 0.260. The van der Waals surface area contributed by atoms with E-state index in [4.69, 9.17) is 10.5 Å². The molecule has 5 nitrogen and oxygen atoms in total. The Morgan fingerprint density at radius 3 is 2.32 bits per heavy atom. The highest BCUT2D eigenvalue weighted by molar-refractivity contribution is 6.14. The lowest BCUT2D eigenvalue weighted by Gasteiger charge is -2.22. The molecule has 5 heteroatoms. The van der Waals surface area contributed by atoms with E-state index in [1.165, 1.54) is 0 Å². The third kappa shape index (κ3) is 4.46. The predicted molar refractivity (Wildman–Crippen MR) is 138 cm³/mol. The number of fused-ring (bicyclic) bond motifs is 2. The van der Waals surface area contributed by atoms with Gasteiger partial charge >= 0.3 is 5.97 Å². The first kappa shape index (κ1) is 22.0. The van der Waals surface area contributed by atoms with Crippen LogP contribution < -0.4 is 11.1 Å². The number of rotatable bonds is 6. The molecule has 1 saturated heterocycles. The summed E-state index contributed by atoms with van der Waals surface area (Å²) in [5, 5.41) is 7.41. The second-order valence-electron chi connectivity index (χ2n) is 8.90. The SMILES string of the molecule is Nc1ccc2ccccc2c1-c1c(NC(=O)CCC[C@H]2CCCC(=O)O2)ccc2ccccc12. The summed E-state index contributed by atoms with van der Waals surface area (Å²) in [6.07, 6.45) is 3.92. The summed E-state index contributed by atoms with van der Waals surface area (Å²) in [5.74, 6) is -0.188. The maximum absolute atomic E-state index is 12.9. The summed E-state index contributed by atoms with van der Waals surface area (Å²) in [4.78, 5) is 24.4. The van der Waals surface area contributed by atoms with E-state index in [-0.39, 0.29) is 18.0 Å². The zero-order valence-corrected chi connectivity index (χ0v) is 19.1. The second kappa shape index (κ2) is 9.56. The van der Waals surface area contributed by atoms with Crippen LogP contribution in [0.3, 0.4) is 0 Å². The van der Waals surface area contributed by atoms with Crippen LogP contribution >= 0.6 is 0 Å². The number of amides is 1. The molecule has 0 aromatic heterocycles. The number of nitrogens with one attached hydrogen (secondary N) is 1. The molecule has 1 heterocycles. The molecule has 1 aliphatic rings. The number of hydrogen-bond acceptors (Lipinski definition) is 4. The summed E-state index contributed by atoms with van der Waals surface area (Å²) >= 11 is 0. The van der Waals surface area contributed by atoms with E-state index in [2.05, 4.69) is 29.6 Å². The zero-order valence-electron chi connectivity index (χ0n) is 19.1. The lowest BCUT2D eigenvalue weighted by atomic mass is 9.91. The third-order valence-electron chi connectivity index (χ3n) is 6.55. The molecule has 172 valence electrons. The van der Waals surface area contributed by atoms with E-state index >= 15 is 0 Å². The van der Waals surface area contributed by atoms with Gasteiger partial charge in [-0.3, -0.25) is 9.59 Å². The van der Waals surface area contributed by atoms with Gasteiger partial charge in [-0.2, -0.15) is 0 Å². The van der Waals surface area contributed by atoms with Crippen molar-refractivity contribution in [2.24, 2.45) is 0 Å². The van der Waals surface area contributed by atoms with Gasteiger partial charge in [0.05, 0.1) is 0 Å². The average Bonchev–Trinajstić information content (AvgIpc) is 2.84. The Balaban J connectivity index is 1.46. The van der Waals surface area contributed by atoms with Gasteiger partial charge in [-0.05, 0) is 59.4 Å². The van der Waals surface area contributed by atoms with Crippen molar-refractivity contribution in [3.63, 3.8) is 0 Å². The van der Waals surface area contributed by atoms with Crippen molar-refractivity contribution in [2.45, 2.75) is 44.6 Å². The van der Waals surface area contributed by atoms with Gasteiger partial charge in [-0.15, -0.1) is 0 Å². The van der Waals surface area contributed by atoms with Gasteiger partial charge in [-0.1, -0.05) is 60.7 Å². The highest BCUT2D eigenvalue weighted by atomic mass is 16.5. The number of carbonyl (C=O) groups excluding carboxylic acids is 2. The number of benzene rings is 4. The second-order valence-corrected chi connectivity index (χ2v) is 8.90. The first-order valence-electron chi connectivity index (χ1n) is 11.9. The average molecular weight is 453 g/mol. The third-order valence-corrected chi connectivity index (χ3v) is 6.55. The molecule has 1 atom stereocenters. The molecule has 0 bridgehead atoms. The minimum Gasteiger partial charge on any atom is -0.462 e. The van der Waals surface area contributed by atoms with Crippen LogP contribution in [0.2, 0.25) is 0 Å². The number of anilines is 2. The highest BCUT2D eigenvalue weighted by Gasteiger charge is 2.21. The van der Waals surface area contributed by atoms with Crippen LogP contribution in [0.4, 0.5) is 11.4 Å². The summed E-state index contributed by atoms with van der Waals surface area (Å²) in [7, 11) is 0. The van der Waals surface area contributed by atoms with Crippen molar-refractivity contribution in [3.05, 3.63) is 72.8 Å². The Morgan fingerprint density at radius 2 is 1.59 bits per heavy atom. The number of hydrogen-bond donors (Lipinski definition) is 2. The maximum atomic E-state index is 12.9. The normalized spacial score (nSPS) is 15.9. The zero-order chi connectivity index (χ0) is 23.5. The van der Waals surface area contributed by atoms with E-state index < -0.39 is 0 Å². The minimum absolute atomic E-state index is 0.0579. The van der Waals surface area contributed by atoms with Gasteiger partial charge in [0, 0.05) is 35.3 Å². The Bertz CT molecular complexity index is 1380. The molecular formula is C29H28N2O3. The molecule has 1 fully saturated rings. The molecule has 34 heavy (non-hydrogen) atoms. The Morgan fingerprint density at radius 1 is 0.912 bits per heavy atom. The molecule has 0 spiro atoms. The van der Waals surface area contributed by atoms with Crippen LogP contribution in [0.5, 0.6) is 0 Å². The standard InChI is InChI=1S/C29H28N2O3/c30-24-17-15-19-7-1-3-11-22(19)28(24)29-23-12-4-2-8-20(23)16-18-25(29)31-26(32)13-5-9-21-10-6-14-27(33)34-21/h1-4,7-8,11-12,15-18,21H,5-6,9-10,13-14,30H2,(H,31,32)/t21-/m0/s1. The molecule has 4 aromatic carbocycles. The summed E-state index contributed by atoms with van der Waals surface area (Å²) < 4.78 is 5.38. The fourth-order valence-corrected chi connectivity index (χ4v) is 4.90. The van der Waals surface area contributed by atoms with Crippen LogP contribution in [-0.4, -0.2) is 18.0 Å². The number of nitrogens with two attached hydrogens (primary N) is 1. The summed E-state index contributed by atoms with van der Waals surface area (Å²) in [5.41, 5.74) is 9.81. The lowest BCUT2D eigenvalue weighted by Crippen LogP contribution is -2.23. The van der Waals surface area contributed by atoms with Crippen molar-refractivity contribution in [2.75, 3.05) is 11.1 Å². The summed E-state index contributed by atoms with van der Waals surface area (Å²) in [6.45, 7) is 0. The van der Waals surface area contributed by atoms with Crippen LogP contribution in [0.25, 0.3) is 32.7 Å². The number of carbonyl (C=O) groups is 2. The fraction of sp³-hybridized carbons (Fsp3) is 0.241. The van der Waals surface area contributed by atoms with E-state index in [1.54, 1.807) is 0 Å². The van der Waals surface area contributed by atoms with E-state index in [0.29, 0.717) is 31.4 Å². The molecule has 0 saturated carbocycles. The molecule has 4 aromatic rings. The number of ether oxygens (including phenoxy) is 1. The number of esters is 1. The van der Waals surface area contributed by atoms with Crippen molar-refractivity contribution >= 4 is 44.8 Å². The van der Waals surface area contributed by atoms with Gasteiger partial charge < -0.3 is 15.8 Å². The fourth-order valence-electron chi connectivity index (χ4n) is 4.90. The Kier molecular flexibility index (Phi) is 6.17. The molecule has 0 aliphatic carbocycles. The maximum Gasteiger partial charge on any atom is 0.306 e. The molecule has 5 rings (SSSR count). The smallest absolute Gasteiger partial charge is 0.306 e. The van der Waals surface area contributed by atoms with Crippen LogP contribution in [0, 0.1) is 0 Å². The molecule has 1 amide bonds. The van der Waals surface area contributed by atoms with Gasteiger partial charge in [0.15, 0.2) is 0 Å². The van der Waals surface area contributed by atoms with Crippen molar-refractivity contribution in [1.82, 2.24) is 0 Å². The lowest BCUT2D eigenvalue weighted by molar-refractivity contribution is -0.154. The first-order chi connectivity index (χ1) is 16.6. The van der Waals surface area contributed by atoms with Crippen LogP contribution in [-0.2, 0) is 14.3 Å². The monoisotopic (exact) mass is 452 g/mol. The Hall–Kier alpha value is -3.86. The number of nitrogen functional groups attached to an aromatic ring is 1. The van der Waals surface area contributed by atoms with E-state index in [0.717, 1.165) is 51.2 Å². The van der Waals surface area contributed by atoms with Crippen molar-refractivity contribution in [3.8, 4) is 11.1 Å². The number of cyclic esters (lactones) is 1. The largest absolute Gasteiger partial charge is 0.462 e. The van der Waals surface area contributed by atoms with Crippen molar-refractivity contribution in [1.29, 1.82) is 0 Å². The topological polar surface area (TPSA) is 81.4 Å². The highest BCUT2D eigenvalue weighted by Crippen LogP contribution is 2.42. The minimum atomic E-state index is -0.130. The van der Waals surface area contributed by atoms with Gasteiger partial charge in [0.25, 0.3) is 0 Å². The van der Waals surface area contributed by atoms with Crippen LogP contribution in [0.1, 0.15) is 38.5 Å².